The first kappa shape index (κ1) is 29.9. The van der Waals surface area contributed by atoms with Crippen LogP contribution in [-0.4, -0.2) is 11.8 Å². The van der Waals surface area contributed by atoms with Gasteiger partial charge < -0.3 is 10.6 Å². The topological polar surface area (TPSA) is 58.2 Å². The van der Waals surface area contributed by atoms with E-state index in [9.17, 15) is 40.3 Å². The molecule has 2 N–H and O–H groups in total. The highest BCUT2D eigenvalue weighted by atomic mass is 35.5. The lowest BCUT2D eigenvalue weighted by atomic mass is 10.1. The number of thioether (sulfide) groups is 1. The van der Waals surface area contributed by atoms with Gasteiger partial charge in [-0.05, 0) is 48.0 Å². The molecule has 0 spiro atoms. The van der Waals surface area contributed by atoms with Crippen LogP contribution in [0.3, 0.4) is 0 Å². The van der Waals surface area contributed by atoms with E-state index in [4.69, 9.17) is 11.6 Å². The highest BCUT2D eigenvalue weighted by molar-refractivity contribution is 8.00. The number of benzene rings is 4. The van der Waals surface area contributed by atoms with E-state index in [1.807, 2.05) is 0 Å². The Morgan fingerprint density at radius 3 is 1.93 bits per heavy atom. The molecule has 0 fully saturated rings. The van der Waals surface area contributed by atoms with Crippen LogP contribution in [0.15, 0.2) is 83.8 Å². The number of rotatable bonds is 7. The molecule has 0 saturated heterocycles. The second-order valence-electron chi connectivity index (χ2n) is 8.39. The average molecular weight is 613 g/mol. The molecule has 2 amide bonds. The summed E-state index contributed by atoms with van der Waals surface area (Å²) < 4.78 is 95.8. The Balaban J connectivity index is 1.58. The van der Waals surface area contributed by atoms with Crippen LogP contribution in [-0.2, 0) is 11.0 Å². The lowest BCUT2D eigenvalue weighted by Crippen LogP contribution is -2.23. The van der Waals surface area contributed by atoms with Gasteiger partial charge in [-0.1, -0.05) is 48.0 Å². The van der Waals surface area contributed by atoms with Gasteiger partial charge in [-0.15, -0.1) is 11.8 Å². The molecular formula is C28H16ClF7N2O2S. The van der Waals surface area contributed by atoms with Gasteiger partial charge in [0.25, 0.3) is 5.91 Å². The molecule has 0 radical (unpaired) electrons. The standard InChI is InChI=1S/C28H16ClF7N2O2S/c29-16-8-4-7-15(13-16)26(39)37-17-9-11-18(12-10-17)41-25(14-5-2-1-3-6-14)27(40)38-24-22(32)20(30)19(28(34,35)36)21(31)23(24)33/h1-13,25H,(H,37,39)(H,38,40). The smallest absolute Gasteiger partial charge is 0.322 e. The Morgan fingerprint density at radius 2 is 1.37 bits per heavy atom. The summed E-state index contributed by atoms with van der Waals surface area (Å²) in [6.07, 6.45) is -5.72. The van der Waals surface area contributed by atoms with Gasteiger partial charge >= 0.3 is 6.18 Å². The largest absolute Gasteiger partial charge is 0.422 e. The summed E-state index contributed by atoms with van der Waals surface area (Å²) in [6.45, 7) is 0. The van der Waals surface area contributed by atoms with E-state index < -0.39 is 57.8 Å². The van der Waals surface area contributed by atoms with Crippen molar-refractivity contribution in [3.8, 4) is 0 Å². The fourth-order valence-electron chi connectivity index (χ4n) is 3.67. The van der Waals surface area contributed by atoms with Crippen LogP contribution in [0.25, 0.3) is 0 Å². The molecule has 0 aliphatic carbocycles. The molecule has 0 aromatic heterocycles. The van der Waals surface area contributed by atoms with Gasteiger partial charge in [-0.3, -0.25) is 9.59 Å². The van der Waals surface area contributed by atoms with Gasteiger partial charge in [-0.25, -0.2) is 17.6 Å². The zero-order valence-electron chi connectivity index (χ0n) is 20.3. The molecule has 0 saturated carbocycles. The number of carbonyl (C=O) groups is 2. The summed E-state index contributed by atoms with van der Waals surface area (Å²) in [7, 11) is 0. The van der Waals surface area contributed by atoms with Crippen molar-refractivity contribution in [1.82, 2.24) is 0 Å². The third-order valence-corrected chi connectivity index (χ3v) is 7.09. The van der Waals surface area contributed by atoms with Crippen LogP contribution >= 0.6 is 23.4 Å². The first-order chi connectivity index (χ1) is 19.4. The minimum atomic E-state index is -5.72. The van der Waals surface area contributed by atoms with Gasteiger partial charge in [0, 0.05) is 21.2 Å². The van der Waals surface area contributed by atoms with E-state index in [0.29, 0.717) is 26.7 Å². The Kier molecular flexibility index (Phi) is 8.93. The molecule has 4 aromatic rings. The summed E-state index contributed by atoms with van der Waals surface area (Å²) >= 11 is 6.77. The zero-order chi connectivity index (χ0) is 29.9. The number of amides is 2. The minimum absolute atomic E-state index is 0.307. The summed E-state index contributed by atoms with van der Waals surface area (Å²) in [5.74, 6) is -11.8. The highest BCUT2D eigenvalue weighted by Gasteiger charge is 2.42. The maximum Gasteiger partial charge on any atom is 0.422 e. The second-order valence-corrected chi connectivity index (χ2v) is 10.0. The van der Waals surface area contributed by atoms with Crippen molar-refractivity contribution in [3.05, 3.63) is 124 Å². The van der Waals surface area contributed by atoms with Gasteiger partial charge in [0.15, 0.2) is 23.3 Å². The molecule has 1 atom stereocenters. The van der Waals surface area contributed by atoms with Gasteiger partial charge in [0.05, 0.1) is 0 Å². The molecule has 0 heterocycles. The monoisotopic (exact) mass is 612 g/mol. The average Bonchev–Trinajstić information content (AvgIpc) is 2.93. The molecule has 0 bridgehead atoms. The number of alkyl halides is 3. The Labute approximate surface area is 237 Å². The van der Waals surface area contributed by atoms with E-state index in [1.54, 1.807) is 41.7 Å². The number of hydrogen-bond acceptors (Lipinski definition) is 3. The van der Waals surface area contributed by atoms with Crippen LogP contribution in [0.5, 0.6) is 0 Å². The molecule has 4 aromatic carbocycles. The maximum absolute atomic E-state index is 14.4. The van der Waals surface area contributed by atoms with Crippen molar-refractivity contribution in [2.75, 3.05) is 10.6 Å². The third-order valence-electron chi connectivity index (χ3n) is 5.59. The predicted molar refractivity (Wildman–Crippen MR) is 141 cm³/mol. The first-order valence-corrected chi connectivity index (χ1v) is 12.7. The Bertz CT molecular complexity index is 1570. The fraction of sp³-hybridized carbons (Fsp3) is 0.0714. The number of anilines is 2. The van der Waals surface area contributed by atoms with Crippen molar-refractivity contribution in [2.24, 2.45) is 0 Å². The zero-order valence-corrected chi connectivity index (χ0v) is 21.9. The van der Waals surface area contributed by atoms with Crippen LogP contribution in [0.1, 0.15) is 26.7 Å². The van der Waals surface area contributed by atoms with Gasteiger partial charge in [0.1, 0.15) is 16.5 Å². The van der Waals surface area contributed by atoms with Crippen molar-refractivity contribution >= 4 is 46.6 Å². The normalized spacial score (nSPS) is 12.1. The van der Waals surface area contributed by atoms with Crippen LogP contribution in [0.2, 0.25) is 5.02 Å². The molecule has 212 valence electrons. The molecular weight excluding hydrogens is 597 g/mol. The number of halogens is 8. The first-order valence-electron chi connectivity index (χ1n) is 11.5. The summed E-state index contributed by atoms with van der Waals surface area (Å²) in [4.78, 5) is 26.0. The van der Waals surface area contributed by atoms with E-state index in [0.717, 1.165) is 11.8 Å². The minimum Gasteiger partial charge on any atom is -0.322 e. The molecule has 4 nitrogen and oxygen atoms in total. The van der Waals surface area contributed by atoms with E-state index in [-0.39, 0.29) is 0 Å². The summed E-state index contributed by atoms with van der Waals surface area (Å²) in [6, 6.07) is 20.1. The predicted octanol–water partition coefficient (Wildman–Crippen LogP) is 8.64. The highest BCUT2D eigenvalue weighted by Crippen LogP contribution is 2.40. The fourth-order valence-corrected chi connectivity index (χ4v) is 4.88. The van der Waals surface area contributed by atoms with Crippen LogP contribution < -0.4 is 10.6 Å². The molecule has 1 unspecified atom stereocenters. The molecule has 13 heteroatoms. The Hall–Kier alpha value is -4.03. The lowest BCUT2D eigenvalue weighted by molar-refractivity contribution is -0.143. The van der Waals surface area contributed by atoms with Crippen molar-refractivity contribution in [2.45, 2.75) is 16.3 Å². The Morgan fingerprint density at radius 1 is 0.756 bits per heavy atom. The van der Waals surface area contributed by atoms with Gasteiger partial charge in [0.2, 0.25) is 5.91 Å². The second kappa shape index (κ2) is 12.2. The van der Waals surface area contributed by atoms with Crippen molar-refractivity contribution < 1.29 is 40.3 Å². The third kappa shape index (κ3) is 6.83. The van der Waals surface area contributed by atoms with Crippen LogP contribution in [0.4, 0.5) is 42.1 Å². The maximum atomic E-state index is 14.4. The van der Waals surface area contributed by atoms with Gasteiger partial charge in [-0.2, -0.15) is 13.2 Å². The van der Waals surface area contributed by atoms with Crippen molar-refractivity contribution in [3.63, 3.8) is 0 Å². The number of carbonyl (C=O) groups excluding carboxylic acids is 2. The molecule has 4 rings (SSSR count). The van der Waals surface area contributed by atoms with E-state index in [1.165, 1.54) is 42.5 Å². The quantitative estimate of drug-likeness (QED) is 0.125. The van der Waals surface area contributed by atoms with E-state index in [2.05, 4.69) is 5.32 Å². The molecule has 0 aliphatic heterocycles. The molecule has 0 aliphatic rings. The van der Waals surface area contributed by atoms with Crippen molar-refractivity contribution in [1.29, 1.82) is 0 Å². The van der Waals surface area contributed by atoms with Crippen LogP contribution in [0, 0.1) is 23.3 Å². The summed E-state index contributed by atoms with van der Waals surface area (Å²) in [5, 5.41) is 3.47. The lowest BCUT2D eigenvalue weighted by Gasteiger charge is -2.19. The number of nitrogens with one attached hydrogen (secondary N) is 2. The SMILES string of the molecule is O=C(Nc1ccc(SC(C(=O)Nc2c(F)c(F)c(C(F)(F)F)c(F)c2F)c2ccccc2)cc1)c1cccc(Cl)c1. The summed E-state index contributed by atoms with van der Waals surface area (Å²) in [5.41, 5.74) is -3.44. The number of hydrogen-bond donors (Lipinski definition) is 2. The molecule has 41 heavy (non-hydrogen) atoms. The van der Waals surface area contributed by atoms with E-state index >= 15 is 0 Å².